The van der Waals surface area contributed by atoms with E-state index in [0.717, 1.165) is 19.4 Å². The second-order valence-corrected chi connectivity index (χ2v) is 7.51. The third kappa shape index (κ3) is 3.05. The average Bonchev–Trinajstić information content (AvgIpc) is 3.17. The fourth-order valence-corrected chi connectivity index (χ4v) is 4.95. The first-order valence-corrected chi connectivity index (χ1v) is 9.13. The summed E-state index contributed by atoms with van der Waals surface area (Å²) in [6.45, 7) is 1.17. The minimum absolute atomic E-state index is 0.0125. The van der Waals surface area contributed by atoms with Crippen LogP contribution in [0.15, 0.2) is 48.7 Å². The fourth-order valence-electron chi connectivity index (χ4n) is 4.95. The lowest BCUT2D eigenvalue weighted by molar-refractivity contribution is 0.0750. The number of benzene rings is 1. The van der Waals surface area contributed by atoms with Gasteiger partial charge in [-0.2, -0.15) is 0 Å². The molecule has 0 unspecified atom stereocenters. The van der Waals surface area contributed by atoms with E-state index in [0.29, 0.717) is 18.0 Å². The molecule has 2 saturated heterocycles. The second-order valence-electron chi connectivity index (χ2n) is 7.51. The molecule has 0 radical (unpaired) electrons. The van der Waals surface area contributed by atoms with Gasteiger partial charge >= 0.3 is 0 Å². The summed E-state index contributed by atoms with van der Waals surface area (Å²) in [5.74, 6) is 0.668. The van der Waals surface area contributed by atoms with Crippen molar-refractivity contribution in [1.29, 1.82) is 0 Å². The zero-order valence-electron chi connectivity index (χ0n) is 14.8. The minimum atomic E-state index is -0.0125. The van der Waals surface area contributed by atoms with Crippen molar-refractivity contribution in [2.75, 3.05) is 13.7 Å². The number of methoxy groups -OCH3 is 1. The number of aliphatic hydroxyl groups is 1. The highest BCUT2D eigenvalue weighted by molar-refractivity contribution is 5.24. The van der Waals surface area contributed by atoms with Crippen molar-refractivity contribution in [3.8, 4) is 5.88 Å². The molecule has 0 spiro atoms. The molecule has 0 amide bonds. The Morgan fingerprint density at radius 1 is 1.20 bits per heavy atom. The number of ether oxygens (including phenoxy) is 1. The maximum absolute atomic E-state index is 10.3. The molecule has 3 heterocycles. The molecule has 0 aliphatic carbocycles. The lowest BCUT2D eigenvalue weighted by Gasteiger charge is -2.36. The number of pyridine rings is 1. The van der Waals surface area contributed by atoms with E-state index in [-0.39, 0.29) is 12.0 Å². The van der Waals surface area contributed by atoms with Gasteiger partial charge in [-0.3, -0.25) is 4.90 Å². The summed E-state index contributed by atoms with van der Waals surface area (Å²) in [6.07, 6.45) is 6.28. The molecular formula is C21H26N2O2. The van der Waals surface area contributed by atoms with Crippen molar-refractivity contribution in [3.63, 3.8) is 0 Å². The molecule has 2 bridgehead atoms. The molecule has 3 atom stereocenters. The van der Waals surface area contributed by atoms with Crippen LogP contribution in [0, 0.1) is 5.41 Å². The SMILES string of the molecule is COc1cc(CN2[C@H]3CC[C@@H]2[C@@](CO)(Cc2ccccc2)C3)ccn1. The largest absolute Gasteiger partial charge is 0.481 e. The Bertz CT molecular complexity index is 721. The third-order valence-corrected chi connectivity index (χ3v) is 6.08. The van der Waals surface area contributed by atoms with Crippen LogP contribution in [0.25, 0.3) is 0 Å². The predicted octanol–water partition coefficient (Wildman–Crippen LogP) is 3.05. The molecule has 25 heavy (non-hydrogen) atoms. The number of hydrogen-bond donors (Lipinski definition) is 1. The maximum Gasteiger partial charge on any atom is 0.213 e. The molecular weight excluding hydrogens is 312 g/mol. The zero-order valence-corrected chi connectivity index (χ0v) is 14.8. The molecule has 4 nitrogen and oxygen atoms in total. The normalized spacial score (nSPS) is 28.4. The third-order valence-electron chi connectivity index (χ3n) is 6.08. The molecule has 0 saturated carbocycles. The summed E-state index contributed by atoms with van der Waals surface area (Å²) in [5, 5.41) is 10.3. The van der Waals surface area contributed by atoms with Crippen molar-refractivity contribution in [1.82, 2.24) is 9.88 Å². The lowest BCUT2D eigenvalue weighted by atomic mass is 9.70. The van der Waals surface area contributed by atoms with Crippen LogP contribution in [-0.2, 0) is 13.0 Å². The first-order valence-electron chi connectivity index (χ1n) is 9.13. The molecule has 1 N–H and O–H groups in total. The van der Waals surface area contributed by atoms with Gasteiger partial charge in [-0.15, -0.1) is 0 Å². The van der Waals surface area contributed by atoms with Crippen molar-refractivity contribution in [3.05, 3.63) is 59.8 Å². The van der Waals surface area contributed by atoms with Crippen LogP contribution in [0.2, 0.25) is 0 Å². The van der Waals surface area contributed by atoms with E-state index in [1.807, 2.05) is 12.3 Å². The molecule has 1 aromatic heterocycles. The number of fused-ring (bicyclic) bond motifs is 2. The van der Waals surface area contributed by atoms with Crippen LogP contribution < -0.4 is 4.74 Å². The number of aromatic nitrogens is 1. The number of rotatable bonds is 6. The van der Waals surface area contributed by atoms with Gasteiger partial charge in [0.15, 0.2) is 0 Å². The highest BCUT2D eigenvalue weighted by Crippen LogP contribution is 2.51. The van der Waals surface area contributed by atoms with E-state index < -0.39 is 0 Å². The van der Waals surface area contributed by atoms with Crippen LogP contribution in [-0.4, -0.2) is 40.8 Å². The molecule has 4 rings (SSSR count). The Kier molecular flexibility index (Phi) is 4.48. The van der Waals surface area contributed by atoms with E-state index in [9.17, 15) is 5.11 Å². The maximum atomic E-state index is 10.3. The summed E-state index contributed by atoms with van der Waals surface area (Å²) in [7, 11) is 1.66. The van der Waals surface area contributed by atoms with Gasteiger partial charge in [-0.25, -0.2) is 4.98 Å². The molecule has 132 valence electrons. The number of nitrogens with zero attached hydrogens (tertiary/aromatic N) is 2. The summed E-state index contributed by atoms with van der Waals surface area (Å²) in [5.41, 5.74) is 2.55. The van der Waals surface area contributed by atoms with Gasteiger partial charge in [0.05, 0.1) is 13.7 Å². The molecule has 2 fully saturated rings. The van der Waals surface area contributed by atoms with E-state index in [1.165, 1.54) is 24.0 Å². The molecule has 4 heteroatoms. The van der Waals surface area contributed by atoms with Crippen LogP contribution >= 0.6 is 0 Å². The molecule has 2 aliphatic heterocycles. The summed E-state index contributed by atoms with van der Waals surface area (Å²) in [6, 6.07) is 15.7. The molecule has 2 aliphatic rings. The van der Waals surface area contributed by atoms with E-state index in [2.05, 4.69) is 46.3 Å². The fraction of sp³-hybridized carbons (Fsp3) is 0.476. The zero-order chi connectivity index (χ0) is 17.3. The summed E-state index contributed by atoms with van der Waals surface area (Å²) in [4.78, 5) is 6.81. The van der Waals surface area contributed by atoms with Crippen molar-refractivity contribution in [2.45, 2.75) is 44.3 Å². The predicted molar refractivity (Wildman–Crippen MR) is 97.4 cm³/mol. The van der Waals surface area contributed by atoms with Gasteiger partial charge in [0.25, 0.3) is 0 Å². The monoisotopic (exact) mass is 338 g/mol. The second kappa shape index (κ2) is 6.77. The van der Waals surface area contributed by atoms with E-state index in [1.54, 1.807) is 7.11 Å². The van der Waals surface area contributed by atoms with Gasteiger partial charge < -0.3 is 9.84 Å². The van der Waals surface area contributed by atoms with E-state index in [4.69, 9.17) is 4.74 Å². The Morgan fingerprint density at radius 3 is 2.80 bits per heavy atom. The summed E-state index contributed by atoms with van der Waals surface area (Å²) < 4.78 is 5.26. The topological polar surface area (TPSA) is 45.6 Å². The Balaban J connectivity index is 1.55. The van der Waals surface area contributed by atoms with Gasteiger partial charge in [-0.1, -0.05) is 30.3 Å². The first kappa shape index (κ1) is 16.6. The van der Waals surface area contributed by atoms with E-state index >= 15 is 0 Å². The van der Waals surface area contributed by atoms with Gasteiger partial charge in [-0.05, 0) is 42.9 Å². The summed E-state index contributed by atoms with van der Waals surface area (Å²) >= 11 is 0. The quantitative estimate of drug-likeness (QED) is 0.879. The van der Waals surface area contributed by atoms with Crippen molar-refractivity contribution >= 4 is 0 Å². The Labute approximate surface area is 149 Å². The smallest absolute Gasteiger partial charge is 0.213 e. The van der Waals surface area contributed by atoms with Crippen LogP contribution in [0.3, 0.4) is 0 Å². The highest BCUT2D eigenvalue weighted by atomic mass is 16.5. The lowest BCUT2D eigenvalue weighted by Crippen LogP contribution is -2.41. The van der Waals surface area contributed by atoms with Gasteiger partial charge in [0, 0.05) is 36.3 Å². The van der Waals surface area contributed by atoms with Crippen LogP contribution in [0.1, 0.15) is 30.4 Å². The van der Waals surface area contributed by atoms with Gasteiger partial charge in [0.2, 0.25) is 5.88 Å². The molecule has 2 aromatic rings. The minimum Gasteiger partial charge on any atom is -0.481 e. The number of aliphatic hydroxyl groups excluding tert-OH is 1. The average molecular weight is 338 g/mol. The van der Waals surface area contributed by atoms with Crippen molar-refractivity contribution in [2.24, 2.45) is 5.41 Å². The standard InChI is InChI=1S/C21H26N2O2/c1-25-20-11-17(9-10-22-20)14-23-18-7-8-19(23)21(13-18,15-24)12-16-5-3-2-4-6-16/h2-6,9-11,18-19,24H,7-8,12-15H2,1H3/t18-,19+,21-/m0/s1. The highest BCUT2D eigenvalue weighted by Gasteiger charge is 2.55. The first-order chi connectivity index (χ1) is 12.2. The molecule has 1 aromatic carbocycles. The number of hydrogen-bond acceptors (Lipinski definition) is 4. The Morgan fingerprint density at radius 2 is 2.04 bits per heavy atom. The Hall–Kier alpha value is -1.91. The van der Waals surface area contributed by atoms with Gasteiger partial charge in [0.1, 0.15) is 0 Å². The van der Waals surface area contributed by atoms with Crippen molar-refractivity contribution < 1.29 is 9.84 Å². The van der Waals surface area contributed by atoms with Crippen LogP contribution in [0.4, 0.5) is 0 Å². The van der Waals surface area contributed by atoms with Crippen LogP contribution in [0.5, 0.6) is 5.88 Å².